The van der Waals surface area contributed by atoms with Crippen molar-refractivity contribution in [1.29, 1.82) is 0 Å². The van der Waals surface area contributed by atoms with Crippen LogP contribution in [0.15, 0.2) is 42.6 Å². The maximum absolute atomic E-state index is 12.9. The van der Waals surface area contributed by atoms with Gasteiger partial charge in [-0.3, -0.25) is 9.69 Å². The predicted molar refractivity (Wildman–Crippen MR) is 93.7 cm³/mol. The van der Waals surface area contributed by atoms with Crippen molar-refractivity contribution < 1.29 is 19.0 Å². The Labute approximate surface area is 151 Å². The summed E-state index contributed by atoms with van der Waals surface area (Å²) in [7, 11) is 0. The molecule has 0 bridgehead atoms. The Bertz CT molecular complexity index is 765. The van der Waals surface area contributed by atoms with Gasteiger partial charge in [-0.25, -0.2) is 4.98 Å². The number of hydrogen-bond donors (Lipinski definition) is 1. The first-order valence-electron chi connectivity index (χ1n) is 8.89. The molecule has 26 heavy (non-hydrogen) atoms. The number of halogens is 1. The number of carbonyl (C=O) groups is 1. The van der Waals surface area contributed by atoms with Crippen LogP contribution < -0.4 is 4.74 Å². The van der Waals surface area contributed by atoms with Gasteiger partial charge >= 0.3 is 0 Å². The van der Waals surface area contributed by atoms with Gasteiger partial charge < -0.3 is 9.84 Å². The highest BCUT2D eigenvalue weighted by molar-refractivity contribution is 5.97. The van der Waals surface area contributed by atoms with Crippen LogP contribution in [0, 0.1) is 17.8 Å². The number of phenols is 1. The number of Topliss-reactive ketones (excluding diaryl/α,β-unsaturated/α-hetero) is 1. The number of rotatable bonds is 5. The van der Waals surface area contributed by atoms with E-state index in [2.05, 4.69) is 9.88 Å². The lowest BCUT2D eigenvalue weighted by Crippen LogP contribution is -2.30. The molecular weight excluding hydrogens is 335 g/mol. The van der Waals surface area contributed by atoms with Gasteiger partial charge in [-0.15, -0.1) is 0 Å². The number of aromatic hydroxyl groups is 1. The molecule has 1 unspecified atom stereocenters. The zero-order valence-electron chi connectivity index (χ0n) is 14.3. The van der Waals surface area contributed by atoms with Gasteiger partial charge in [0, 0.05) is 18.7 Å². The van der Waals surface area contributed by atoms with Crippen molar-refractivity contribution in [3.63, 3.8) is 0 Å². The summed E-state index contributed by atoms with van der Waals surface area (Å²) in [4.78, 5) is 18.2. The van der Waals surface area contributed by atoms with E-state index in [1.165, 1.54) is 24.4 Å². The number of pyridine rings is 1. The third-order valence-corrected chi connectivity index (χ3v) is 5.34. The fraction of sp³-hybridized carbons (Fsp3) is 0.400. The van der Waals surface area contributed by atoms with E-state index in [-0.39, 0.29) is 17.6 Å². The van der Waals surface area contributed by atoms with Crippen LogP contribution in [0.4, 0.5) is 4.39 Å². The van der Waals surface area contributed by atoms with Crippen molar-refractivity contribution in [3.05, 3.63) is 54.1 Å². The van der Waals surface area contributed by atoms with Gasteiger partial charge in [0.05, 0.1) is 18.8 Å². The molecule has 0 spiro atoms. The lowest BCUT2D eigenvalue weighted by molar-refractivity contribution is 0.0936. The minimum atomic E-state index is -0.505. The molecular formula is C20H21FN2O3. The lowest BCUT2D eigenvalue weighted by Gasteiger charge is -2.19. The van der Waals surface area contributed by atoms with Gasteiger partial charge in [0.1, 0.15) is 11.5 Å². The summed E-state index contributed by atoms with van der Waals surface area (Å²) in [6.45, 7) is 2.21. The van der Waals surface area contributed by atoms with Crippen LogP contribution >= 0.6 is 0 Å². The zero-order chi connectivity index (χ0) is 18.1. The monoisotopic (exact) mass is 356 g/mol. The van der Waals surface area contributed by atoms with E-state index in [0.29, 0.717) is 29.7 Å². The van der Waals surface area contributed by atoms with E-state index in [1.807, 2.05) is 0 Å². The second-order valence-electron chi connectivity index (χ2n) is 7.21. The van der Waals surface area contributed by atoms with Crippen LogP contribution in [0.5, 0.6) is 11.5 Å². The molecule has 1 N–H and O–H groups in total. The van der Waals surface area contributed by atoms with Crippen molar-refractivity contribution in [2.24, 2.45) is 11.8 Å². The molecule has 1 saturated heterocycles. The second kappa shape index (κ2) is 7.03. The molecule has 1 saturated carbocycles. The number of aromatic nitrogens is 1. The molecule has 1 aromatic heterocycles. The first kappa shape index (κ1) is 17.0. The average molecular weight is 356 g/mol. The van der Waals surface area contributed by atoms with Gasteiger partial charge in [-0.1, -0.05) is 0 Å². The summed E-state index contributed by atoms with van der Waals surface area (Å²) in [5.41, 5.74) is 0.630. The molecule has 0 radical (unpaired) electrons. The van der Waals surface area contributed by atoms with Crippen LogP contribution in [0.25, 0.3) is 0 Å². The maximum atomic E-state index is 12.9. The number of carbonyl (C=O) groups excluding carboxylic acids is 1. The number of phenolic OH excluding ortho intramolecular Hbond substituents is 1. The van der Waals surface area contributed by atoms with E-state index in [9.17, 15) is 14.3 Å². The third kappa shape index (κ3) is 3.70. The number of benzene rings is 1. The molecule has 2 aliphatic rings. The summed E-state index contributed by atoms with van der Waals surface area (Å²) < 4.78 is 18.8. The summed E-state index contributed by atoms with van der Waals surface area (Å²) in [6.07, 6.45) is 3.46. The quantitative estimate of drug-likeness (QED) is 0.659. The minimum absolute atomic E-state index is 0.0789. The normalized spacial score (nSPS) is 25.2. The molecule has 2 heterocycles. The molecule has 3 atom stereocenters. The molecule has 1 aliphatic carbocycles. The van der Waals surface area contributed by atoms with Crippen LogP contribution in [0.3, 0.4) is 0 Å². The SMILES string of the molecule is O=C(CN1C[C@H]2CC(Oc3ccc(F)nc3)C[C@H]2C1)c1ccc(O)cc1. The lowest BCUT2D eigenvalue weighted by atomic mass is 10.0. The number of hydrogen-bond acceptors (Lipinski definition) is 5. The first-order chi connectivity index (χ1) is 12.6. The van der Waals surface area contributed by atoms with E-state index in [0.717, 1.165) is 25.9 Å². The number of ether oxygens (including phenoxy) is 1. The fourth-order valence-electron chi connectivity index (χ4n) is 4.13. The van der Waals surface area contributed by atoms with Crippen molar-refractivity contribution in [3.8, 4) is 11.5 Å². The largest absolute Gasteiger partial charge is 0.508 e. The number of nitrogens with zero attached hydrogens (tertiary/aromatic N) is 2. The van der Waals surface area contributed by atoms with Gasteiger partial charge in [-0.2, -0.15) is 4.39 Å². The Hall–Kier alpha value is -2.47. The van der Waals surface area contributed by atoms with Gasteiger partial charge in [0.15, 0.2) is 5.78 Å². The maximum Gasteiger partial charge on any atom is 0.213 e. The first-order valence-corrected chi connectivity index (χ1v) is 8.89. The Morgan fingerprint density at radius 1 is 1.15 bits per heavy atom. The molecule has 4 rings (SSSR count). The Kier molecular flexibility index (Phi) is 4.59. The molecule has 0 amide bonds. The number of fused-ring (bicyclic) bond motifs is 1. The van der Waals surface area contributed by atoms with Gasteiger partial charge in [0.2, 0.25) is 5.95 Å². The standard InChI is InChI=1S/C20H21FN2O3/c21-20-6-5-17(9-22-20)26-18-7-14-10-23(11-15(14)8-18)12-19(25)13-1-3-16(24)4-2-13/h1-6,9,14-15,18,24H,7-8,10-12H2/t14-,15+,18?. The molecule has 136 valence electrons. The highest BCUT2D eigenvalue weighted by Gasteiger charge is 2.42. The van der Waals surface area contributed by atoms with E-state index in [1.54, 1.807) is 18.2 Å². The van der Waals surface area contributed by atoms with Crippen LogP contribution in [-0.2, 0) is 0 Å². The zero-order valence-corrected chi connectivity index (χ0v) is 14.3. The molecule has 1 aliphatic heterocycles. The average Bonchev–Trinajstić information content (AvgIpc) is 3.15. The number of likely N-dealkylation sites (tertiary alicyclic amines) is 1. The van der Waals surface area contributed by atoms with Crippen molar-refractivity contribution in [1.82, 2.24) is 9.88 Å². The van der Waals surface area contributed by atoms with Gasteiger partial charge in [-0.05, 0) is 61.1 Å². The van der Waals surface area contributed by atoms with Crippen molar-refractivity contribution >= 4 is 5.78 Å². The van der Waals surface area contributed by atoms with Crippen LogP contribution in [-0.4, -0.2) is 46.5 Å². The van der Waals surface area contributed by atoms with Gasteiger partial charge in [0.25, 0.3) is 0 Å². The Morgan fingerprint density at radius 3 is 2.46 bits per heavy atom. The minimum Gasteiger partial charge on any atom is -0.508 e. The van der Waals surface area contributed by atoms with E-state index >= 15 is 0 Å². The van der Waals surface area contributed by atoms with Crippen molar-refractivity contribution in [2.45, 2.75) is 18.9 Å². The second-order valence-corrected chi connectivity index (χ2v) is 7.21. The fourth-order valence-corrected chi connectivity index (χ4v) is 4.13. The van der Waals surface area contributed by atoms with Crippen molar-refractivity contribution in [2.75, 3.05) is 19.6 Å². The van der Waals surface area contributed by atoms with E-state index in [4.69, 9.17) is 4.74 Å². The predicted octanol–water partition coefficient (Wildman–Crippen LogP) is 2.90. The van der Waals surface area contributed by atoms with E-state index < -0.39 is 5.95 Å². The molecule has 6 heteroatoms. The number of ketones is 1. The summed E-state index contributed by atoms with van der Waals surface area (Å²) in [5, 5.41) is 9.32. The summed E-state index contributed by atoms with van der Waals surface area (Å²) in [6, 6.07) is 9.32. The third-order valence-electron chi connectivity index (χ3n) is 5.34. The summed E-state index contributed by atoms with van der Waals surface area (Å²) in [5.74, 6) is 1.40. The molecule has 2 aromatic rings. The molecule has 5 nitrogen and oxygen atoms in total. The van der Waals surface area contributed by atoms with Crippen LogP contribution in [0.2, 0.25) is 0 Å². The molecule has 2 fully saturated rings. The topological polar surface area (TPSA) is 62.7 Å². The Morgan fingerprint density at radius 2 is 1.85 bits per heavy atom. The highest BCUT2D eigenvalue weighted by Crippen LogP contribution is 2.39. The summed E-state index contributed by atoms with van der Waals surface area (Å²) >= 11 is 0. The highest BCUT2D eigenvalue weighted by atomic mass is 19.1. The Balaban J connectivity index is 1.28. The molecule has 1 aromatic carbocycles. The van der Waals surface area contributed by atoms with Crippen LogP contribution in [0.1, 0.15) is 23.2 Å². The smallest absolute Gasteiger partial charge is 0.213 e.